The Morgan fingerprint density at radius 2 is 1.79 bits per heavy atom. The van der Waals surface area contributed by atoms with E-state index in [1.165, 1.54) is 0 Å². The second-order valence-electron chi connectivity index (χ2n) is 7.25. The van der Waals surface area contributed by atoms with E-state index in [0.717, 1.165) is 25.7 Å². The zero-order valence-electron chi connectivity index (χ0n) is 15.8. The van der Waals surface area contributed by atoms with Gasteiger partial charge in [0.2, 0.25) is 11.8 Å². The molecule has 0 radical (unpaired) electrons. The molecule has 28 heavy (non-hydrogen) atoms. The van der Waals surface area contributed by atoms with Gasteiger partial charge in [-0.05, 0) is 31.4 Å². The molecule has 3 rings (SSSR count). The highest BCUT2D eigenvalue weighted by Crippen LogP contribution is 2.25. The molecule has 0 bridgehead atoms. The number of nitrogens with one attached hydrogen (secondary N) is 1. The number of hydrogen-bond acceptors (Lipinski definition) is 4. The molecule has 1 aromatic rings. The number of benzene rings is 1. The van der Waals surface area contributed by atoms with Gasteiger partial charge in [0.05, 0.1) is 17.3 Å². The Labute approximate surface area is 184 Å². The summed E-state index contributed by atoms with van der Waals surface area (Å²) in [6, 6.07) is 7.36. The summed E-state index contributed by atoms with van der Waals surface area (Å²) in [5.41, 5.74) is 6.64. The summed E-state index contributed by atoms with van der Waals surface area (Å²) < 4.78 is 0. The molecule has 1 aliphatic carbocycles. The van der Waals surface area contributed by atoms with Crippen LogP contribution in [-0.4, -0.2) is 60.4 Å². The van der Waals surface area contributed by atoms with Gasteiger partial charge < -0.3 is 16.0 Å². The number of rotatable bonds is 4. The minimum atomic E-state index is -0.0869. The second-order valence-corrected chi connectivity index (χ2v) is 7.66. The molecule has 2 aliphatic rings. The Morgan fingerprint density at radius 3 is 2.43 bits per heavy atom. The van der Waals surface area contributed by atoms with Crippen LogP contribution in [0, 0.1) is 5.92 Å². The summed E-state index contributed by atoms with van der Waals surface area (Å²) in [4.78, 5) is 28.9. The topological polar surface area (TPSA) is 78.7 Å². The molecule has 1 saturated heterocycles. The van der Waals surface area contributed by atoms with E-state index in [0.29, 0.717) is 43.4 Å². The summed E-state index contributed by atoms with van der Waals surface area (Å²) >= 11 is 6.07. The fraction of sp³-hybridized carbons (Fsp3) is 0.579. The number of piperazine rings is 1. The van der Waals surface area contributed by atoms with E-state index >= 15 is 0 Å². The monoisotopic (exact) mass is 450 g/mol. The molecule has 1 saturated carbocycles. The number of nitrogens with two attached hydrogens (primary N) is 1. The lowest BCUT2D eigenvalue weighted by molar-refractivity contribution is -0.138. The van der Waals surface area contributed by atoms with Crippen molar-refractivity contribution in [3.63, 3.8) is 0 Å². The summed E-state index contributed by atoms with van der Waals surface area (Å²) in [5, 5.41) is 3.37. The van der Waals surface area contributed by atoms with Crippen molar-refractivity contribution >= 4 is 53.9 Å². The minimum Gasteiger partial charge on any atom is -0.340 e. The van der Waals surface area contributed by atoms with Crippen LogP contribution in [0.1, 0.15) is 25.7 Å². The van der Waals surface area contributed by atoms with Crippen molar-refractivity contribution in [3.8, 4) is 0 Å². The largest absolute Gasteiger partial charge is 0.340 e. The molecule has 2 atom stereocenters. The van der Waals surface area contributed by atoms with E-state index in [1.807, 2.05) is 17.0 Å². The van der Waals surface area contributed by atoms with Crippen LogP contribution < -0.4 is 11.1 Å². The third kappa shape index (κ3) is 6.78. The van der Waals surface area contributed by atoms with Crippen LogP contribution in [0.25, 0.3) is 0 Å². The van der Waals surface area contributed by atoms with Crippen molar-refractivity contribution in [2.75, 3.05) is 38.0 Å². The number of carbonyl (C=O) groups excluding carboxylic acids is 2. The highest BCUT2D eigenvalue weighted by Gasteiger charge is 2.31. The standard InChI is InChI=1S/C19H27ClN4O2.2ClH/c20-16-6-1-2-7-17(16)22-18(25)13-23-8-10-24(11-9-23)19(26)14-4-3-5-15(21)12-14;;/h1-2,6-7,14-15H,3-5,8-13,21H2,(H,22,25);2*1H. The smallest absolute Gasteiger partial charge is 0.238 e. The molecular weight excluding hydrogens is 423 g/mol. The maximum atomic E-state index is 12.7. The second kappa shape index (κ2) is 11.8. The van der Waals surface area contributed by atoms with Crippen molar-refractivity contribution < 1.29 is 9.59 Å². The van der Waals surface area contributed by atoms with Gasteiger partial charge in [-0.2, -0.15) is 0 Å². The molecule has 158 valence electrons. The Kier molecular flexibility index (Phi) is 10.6. The van der Waals surface area contributed by atoms with E-state index in [-0.39, 0.29) is 48.6 Å². The van der Waals surface area contributed by atoms with E-state index in [9.17, 15) is 9.59 Å². The van der Waals surface area contributed by atoms with Gasteiger partial charge in [0, 0.05) is 38.1 Å². The fourth-order valence-corrected chi connectivity index (χ4v) is 3.97. The molecule has 1 aliphatic heterocycles. The lowest BCUT2D eigenvalue weighted by Gasteiger charge is -2.37. The quantitative estimate of drug-likeness (QED) is 0.738. The third-order valence-electron chi connectivity index (χ3n) is 5.26. The summed E-state index contributed by atoms with van der Waals surface area (Å²) in [6.07, 6.45) is 3.82. The van der Waals surface area contributed by atoms with Gasteiger partial charge in [-0.15, -0.1) is 24.8 Å². The van der Waals surface area contributed by atoms with Crippen LogP contribution in [0.3, 0.4) is 0 Å². The fourth-order valence-electron chi connectivity index (χ4n) is 3.79. The highest BCUT2D eigenvalue weighted by atomic mass is 35.5. The van der Waals surface area contributed by atoms with Crippen LogP contribution >= 0.6 is 36.4 Å². The first kappa shape index (κ1) is 25.0. The van der Waals surface area contributed by atoms with Gasteiger partial charge in [0.25, 0.3) is 0 Å². The van der Waals surface area contributed by atoms with Crippen LogP contribution in [-0.2, 0) is 9.59 Å². The Balaban J connectivity index is 0.00000196. The summed E-state index contributed by atoms with van der Waals surface area (Å²) in [5.74, 6) is 0.227. The van der Waals surface area contributed by atoms with Crippen LogP contribution in [0.5, 0.6) is 0 Å². The van der Waals surface area contributed by atoms with Crippen LogP contribution in [0.4, 0.5) is 5.69 Å². The maximum absolute atomic E-state index is 12.7. The molecule has 0 aromatic heterocycles. The lowest BCUT2D eigenvalue weighted by Crippen LogP contribution is -2.52. The van der Waals surface area contributed by atoms with Gasteiger partial charge in [-0.25, -0.2) is 0 Å². The van der Waals surface area contributed by atoms with Crippen molar-refractivity contribution in [1.29, 1.82) is 0 Å². The Morgan fingerprint density at radius 1 is 1.11 bits per heavy atom. The molecule has 0 spiro atoms. The number of anilines is 1. The Bertz CT molecular complexity index is 654. The van der Waals surface area contributed by atoms with E-state index in [2.05, 4.69) is 10.2 Å². The van der Waals surface area contributed by atoms with Gasteiger partial charge >= 0.3 is 0 Å². The van der Waals surface area contributed by atoms with Crippen molar-refractivity contribution in [3.05, 3.63) is 29.3 Å². The molecule has 3 N–H and O–H groups in total. The van der Waals surface area contributed by atoms with Gasteiger partial charge in [-0.3, -0.25) is 14.5 Å². The molecule has 1 aromatic carbocycles. The SMILES string of the molecule is Cl.Cl.NC1CCCC(C(=O)N2CCN(CC(=O)Nc3ccccc3Cl)CC2)C1. The average molecular weight is 452 g/mol. The highest BCUT2D eigenvalue weighted by molar-refractivity contribution is 6.33. The number of hydrogen-bond donors (Lipinski definition) is 2. The van der Waals surface area contributed by atoms with Crippen LogP contribution in [0.15, 0.2) is 24.3 Å². The zero-order chi connectivity index (χ0) is 18.5. The minimum absolute atomic E-state index is 0. The summed E-state index contributed by atoms with van der Waals surface area (Å²) in [7, 11) is 0. The van der Waals surface area contributed by atoms with E-state index < -0.39 is 0 Å². The molecular formula is C19H29Cl3N4O2. The maximum Gasteiger partial charge on any atom is 0.238 e. The predicted octanol–water partition coefficient (Wildman–Crippen LogP) is 2.78. The van der Waals surface area contributed by atoms with Gasteiger partial charge in [0.15, 0.2) is 0 Å². The molecule has 2 fully saturated rings. The van der Waals surface area contributed by atoms with Gasteiger partial charge in [-0.1, -0.05) is 30.2 Å². The number of para-hydroxylation sites is 1. The molecule has 2 unspecified atom stereocenters. The number of nitrogens with zero attached hydrogens (tertiary/aromatic N) is 2. The number of carbonyl (C=O) groups is 2. The van der Waals surface area contributed by atoms with E-state index in [1.54, 1.807) is 12.1 Å². The molecule has 6 nitrogen and oxygen atoms in total. The zero-order valence-corrected chi connectivity index (χ0v) is 18.2. The number of halogens is 3. The molecule has 2 amide bonds. The van der Waals surface area contributed by atoms with E-state index in [4.69, 9.17) is 17.3 Å². The van der Waals surface area contributed by atoms with Crippen molar-refractivity contribution in [2.24, 2.45) is 11.7 Å². The predicted molar refractivity (Wildman–Crippen MR) is 118 cm³/mol. The van der Waals surface area contributed by atoms with Gasteiger partial charge in [0.1, 0.15) is 0 Å². The lowest BCUT2D eigenvalue weighted by atomic mass is 9.85. The molecule has 1 heterocycles. The van der Waals surface area contributed by atoms with Crippen molar-refractivity contribution in [1.82, 2.24) is 9.80 Å². The molecule has 9 heteroatoms. The first-order valence-corrected chi connectivity index (χ1v) is 9.72. The summed E-state index contributed by atoms with van der Waals surface area (Å²) in [6.45, 7) is 3.07. The normalized spacial score (nSPS) is 22.6. The van der Waals surface area contributed by atoms with Crippen molar-refractivity contribution in [2.45, 2.75) is 31.7 Å². The first-order valence-electron chi connectivity index (χ1n) is 9.34. The number of amides is 2. The third-order valence-corrected chi connectivity index (χ3v) is 5.59. The Hall–Kier alpha value is -1.05. The average Bonchev–Trinajstić information content (AvgIpc) is 2.64. The van der Waals surface area contributed by atoms with Crippen LogP contribution in [0.2, 0.25) is 5.02 Å². The first-order chi connectivity index (χ1) is 12.5.